The average Bonchev–Trinajstić information content (AvgIpc) is 2.90. The van der Waals surface area contributed by atoms with E-state index in [9.17, 15) is 18.0 Å². The summed E-state index contributed by atoms with van der Waals surface area (Å²) in [6.45, 7) is 1.34. The maximum Gasteiger partial charge on any atom is 0.241 e. The Morgan fingerprint density at radius 3 is 2.58 bits per heavy atom. The van der Waals surface area contributed by atoms with Crippen LogP contribution in [0, 0.1) is 5.92 Å². The van der Waals surface area contributed by atoms with Crippen LogP contribution in [0.2, 0.25) is 0 Å². The lowest BCUT2D eigenvalue weighted by molar-refractivity contribution is -0.123. The van der Waals surface area contributed by atoms with Crippen molar-refractivity contribution >= 4 is 44.4 Å². The molecular weight excluding hydrogens is 482 g/mol. The van der Waals surface area contributed by atoms with Gasteiger partial charge in [-0.15, -0.1) is 0 Å². The van der Waals surface area contributed by atoms with Crippen LogP contribution in [0.15, 0.2) is 59.6 Å². The Labute approximate surface area is 209 Å². The average molecular weight is 512 g/mol. The summed E-state index contributed by atoms with van der Waals surface area (Å²) < 4.78 is 27.7. The molecule has 2 aromatic carbocycles. The van der Waals surface area contributed by atoms with Crippen molar-refractivity contribution in [2.75, 3.05) is 43.4 Å². The first-order valence-electron chi connectivity index (χ1n) is 11.7. The van der Waals surface area contributed by atoms with Crippen molar-refractivity contribution in [1.82, 2.24) is 25.3 Å². The second-order valence-corrected chi connectivity index (χ2v) is 10.2. The highest BCUT2D eigenvalue weighted by Gasteiger charge is 2.27. The molecule has 12 heteroatoms. The molecule has 0 aliphatic carbocycles. The highest BCUT2D eigenvalue weighted by molar-refractivity contribution is 7.89. The Morgan fingerprint density at radius 1 is 1.08 bits per heavy atom. The molecule has 1 aromatic heterocycles. The summed E-state index contributed by atoms with van der Waals surface area (Å²) in [5.74, 6) is -0.372. The Bertz CT molecular complexity index is 1340. The maximum absolute atomic E-state index is 13.2. The minimum Gasteiger partial charge on any atom is -0.368 e. The number of hydrogen-bond acceptors (Lipinski definition) is 8. The van der Waals surface area contributed by atoms with Crippen molar-refractivity contribution < 1.29 is 18.0 Å². The fourth-order valence-electron chi connectivity index (χ4n) is 4.09. The first-order chi connectivity index (χ1) is 17.3. The van der Waals surface area contributed by atoms with Crippen LogP contribution in [0.3, 0.4) is 0 Å². The summed E-state index contributed by atoms with van der Waals surface area (Å²) in [7, 11) is -3.88. The number of rotatable bonds is 9. The number of carbonyl (C=O) groups is 2. The van der Waals surface area contributed by atoms with E-state index in [2.05, 4.69) is 25.3 Å². The van der Waals surface area contributed by atoms with Crippen molar-refractivity contribution in [2.45, 2.75) is 17.7 Å². The summed E-state index contributed by atoms with van der Waals surface area (Å²) in [5, 5.41) is 7.60. The Kier molecular flexibility index (Phi) is 8.08. The quantitative estimate of drug-likeness (QED) is 0.326. The van der Waals surface area contributed by atoms with Gasteiger partial charge >= 0.3 is 0 Å². The van der Waals surface area contributed by atoms with E-state index in [4.69, 9.17) is 5.73 Å². The van der Waals surface area contributed by atoms with Gasteiger partial charge in [-0.1, -0.05) is 30.3 Å². The summed E-state index contributed by atoms with van der Waals surface area (Å²) in [6.07, 6.45) is 2.89. The van der Waals surface area contributed by atoms with Crippen LogP contribution in [-0.4, -0.2) is 62.9 Å². The van der Waals surface area contributed by atoms with E-state index in [0.29, 0.717) is 18.7 Å². The molecule has 1 aliphatic heterocycles. The van der Waals surface area contributed by atoms with Gasteiger partial charge in [0, 0.05) is 25.2 Å². The number of nitrogens with two attached hydrogens (primary N) is 1. The molecule has 1 saturated heterocycles. The number of carbonyl (C=O) groups excluding carboxylic acids is 2. The predicted molar refractivity (Wildman–Crippen MR) is 137 cm³/mol. The highest BCUT2D eigenvalue weighted by Crippen LogP contribution is 2.20. The zero-order chi connectivity index (χ0) is 25.5. The van der Waals surface area contributed by atoms with Gasteiger partial charge < -0.3 is 16.4 Å². The number of piperidine rings is 1. The minimum absolute atomic E-state index is 0.0442. The van der Waals surface area contributed by atoms with Crippen molar-refractivity contribution in [1.29, 1.82) is 0 Å². The molecule has 5 N–H and O–H groups in total. The number of anilines is 2. The van der Waals surface area contributed by atoms with E-state index >= 15 is 0 Å². The SMILES string of the molecule is Nc1nccc(N(CCNC(=O)CNS(=O)(=O)c2ccc3ccccc3c2)C(=O)C2CCNCC2)n1. The standard InChI is InChI=1S/C24H29N7O4S/c25-24-28-12-9-21(30-24)31(23(33)18-7-10-26-11-8-18)14-13-27-22(32)16-29-36(34,35)20-6-5-17-3-1-2-4-19(17)15-20/h1-6,9,12,15,18,26,29H,7-8,10-11,13-14,16H2,(H,27,32)(H2,25,28,30). The van der Waals surface area contributed by atoms with Crippen molar-refractivity contribution in [2.24, 2.45) is 5.92 Å². The number of benzene rings is 2. The Morgan fingerprint density at radius 2 is 1.83 bits per heavy atom. The van der Waals surface area contributed by atoms with Crippen molar-refractivity contribution in [3.63, 3.8) is 0 Å². The molecule has 1 fully saturated rings. The van der Waals surface area contributed by atoms with Gasteiger partial charge in [0.15, 0.2) is 0 Å². The van der Waals surface area contributed by atoms with Crippen LogP contribution in [0.4, 0.5) is 11.8 Å². The third kappa shape index (κ3) is 6.33. The maximum atomic E-state index is 13.2. The third-order valence-corrected chi connectivity index (χ3v) is 7.40. The largest absolute Gasteiger partial charge is 0.368 e. The fraction of sp³-hybridized carbons (Fsp3) is 0.333. The van der Waals surface area contributed by atoms with E-state index in [0.717, 1.165) is 23.9 Å². The summed E-state index contributed by atoms with van der Waals surface area (Å²) >= 11 is 0. The second-order valence-electron chi connectivity index (χ2n) is 8.47. The summed E-state index contributed by atoms with van der Waals surface area (Å²) in [6, 6.07) is 13.8. The van der Waals surface area contributed by atoms with E-state index in [1.165, 1.54) is 17.2 Å². The van der Waals surface area contributed by atoms with Gasteiger partial charge in [-0.25, -0.2) is 18.1 Å². The molecule has 0 saturated carbocycles. The predicted octanol–water partition coefficient (Wildman–Crippen LogP) is 0.639. The summed E-state index contributed by atoms with van der Waals surface area (Å²) in [5.41, 5.74) is 5.71. The number of fused-ring (bicyclic) bond motifs is 1. The zero-order valence-electron chi connectivity index (χ0n) is 19.7. The lowest BCUT2D eigenvalue weighted by Gasteiger charge is -2.29. The molecule has 1 aliphatic rings. The minimum atomic E-state index is -3.88. The number of amides is 2. The zero-order valence-corrected chi connectivity index (χ0v) is 20.5. The first-order valence-corrected chi connectivity index (χ1v) is 13.2. The topological polar surface area (TPSA) is 159 Å². The molecule has 0 unspecified atom stereocenters. The molecule has 0 radical (unpaired) electrons. The monoisotopic (exact) mass is 511 g/mol. The Hall–Kier alpha value is -3.61. The number of nitrogens with one attached hydrogen (secondary N) is 3. The van der Waals surface area contributed by atoms with Crippen molar-refractivity contribution in [3.8, 4) is 0 Å². The van der Waals surface area contributed by atoms with Gasteiger partial charge in [-0.05, 0) is 54.9 Å². The van der Waals surface area contributed by atoms with E-state index < -0.39 is 22.5 Å². The normalized spacial score (nSPS) is 14.4. The van der Waals surface area contributed by atoms with Crippen LogP contribution in [-0.2, 0) is 19.6 Å². The van der Waals surface area contributed by atoms with E-state index in [1.54, 1.807) is 18.2 Å². The number of nitrogen functional groups attached to an aromatic ring is 1. The van der Waals surface area contributed by atoms with Gasteiger partial charge in [-0.3, -0.25) is 14.5 Å². The molecule has 3 aromatic rings. The van der Waals surface area contributed by atoms with Crippen LogP contribution in [0.25, 0.3) is 10.8 Å². The molecule has 36 heavy (non-hydrogen) atoms. The lowest BCUT2D eigenvalue weighted by Crippen LogP contribution is -2.46. The van der Waals surface area contributed by atoms with Gasteiger partial charge in [0.05, 0.1) is 11.4 Å². The first kappa shape index (κ1) is 25.5. The van der Waals surface area contributed by atoms with Gasteiger partial charge in [0.25, 0.3) is 0 Å². The molecule has 2 amide bonds. The van der Waals surface area contributed by atoms with Crippen molar-refractivity contribution in [3.05, 3.63) is 54.7 Å². The number of sulfonamides is 1. The fourth-order valence-corrected chi connectivity index (χ4v) is 5.11. The molecule has 2 heterocycles. The number of hydrogen-bond donors (Lipinski definition) is 4. The smallest absolute Gasteiger partial charge is 0.241 e. The Balaban J connectivity index is 1.34. The van der Waals surface area contributed by atoms with Crippen LogP contribution in [0.1, 0.15) is 12.8 Å². The van der Waals surface area contributed by atoms with Crippen LogP contribution < -0.4 is 26.0 Å². The van der Waals surface area contributed by atoms with Crippen LogP contribution >= 0.6 is 0 Å². The number of nitrogens with zero attached hydrogens (tertiary/aromatic N) is 3. The van der Waals surface area contributed by atoms with Gasteiger partial charge in [0.1, 0.15) is 5.82 Å². The molecule has 0 spiro atoms. The lowest BCUT2D eigenvalue weighted by atomic mass is 9.96. The van der Waals surface area contributed by atoms with Crippen LogP contribution in [0.5, 0.6) is 0 Å². The summed E-state index contributed by atoms with van der Waals surface area (Å²) in [4.78, 5) is 35.2. The molecule has 0 atom stereocenters. The van der Waals surface area contributed by atoms with Gasteiger partial charge in [0.2, 0.25) is 27.8 Å². The molecule has 11 nitrogen and oxygen atoms in total. The molecule has 4 rings (SSSR count). The second kappa shape index (κ2) is 11.4. The molecule has 190 valence electrons. The van der Waals surface area contributed by atoms with E-state index in [1.807, 2.05) is 24.3 Å². The number of aromatic nitrogens is 2. The molecule has 0 bridgehead atoms. The third-order valence-electron chi connectivity index (χ3n) is 6.00. The highest BCUT2D eigenvalue weighted by atomic mass is 32.2. The van der Waals surface area contributed by atoms with E-state index in [-0.39, 0.29) is 35.8 Å². The van der Waals surface area contributed by atoms with Gasteiger partial charge in [-0.2, -0.15) is 4.98 Å². The molecular formula is C24H29N7O4S.